The molecule has 18 heavy (non-hydrogen) atoms. The van der Waals surface area contributed by atoms with Crippen LogP contribution in [0.3, 0.4) is 0 Å². The number of ether oxygens (including phenoxy) is 3. The Morgan fingerprint density at radius 1 is 1.33 bits per heavy atom. The van der Waals surface area contributed by atoms with Gasteiger partial charge in [-0.25, -0.2) is 9.18 Å². The van der Waals surface area contributed by atoms with Gasteiger partial charge in [0.1, 0.15) is 0 Å². The van der Waals surface area contributed by atoms with E-state index < -0.39 is 11.8 Å². The van der Waals surface area contributed by atoms with Crippen molar-refractivity contribution in [3.05, 3.63) is 23.5 Å². The summed E-state index contributed by atoms with van der Waals surface area (Å²) in [5.74, 6) is -1.04. The predicted octanol–water partition coefficient (Wildman–Crippen LogP) is 2.80. The third-order valence-corrected chi connectivity index (χ3v) is 2.39. The van der Waals surface area contributed by atoms with E-state index in [0.717, 1.165) is 18.9 Å². The number of hydrogen-bond donors (Lipinski definition) is 0. The van der Waals surface area contributed by atoms with Crippen molar-refractivity contribution in [3.8, 4) is 11.5 Å². The fourth-order valence-corrected chi connectivity index (χ4v) is 1.41. The Balaban J connectivity index is 3.00. The van der Waals surface area contributed by atoms with Crippen LogP contribution in [0.2, 0.25) is 0 Å². The molecule has 0 aliphatic heterocycles. The average Bonchev–Trinajstić information content (AvgIpc) is 2.39. The van der Waals surface area contributed by atoms with E-state index in [1.165, 1.54) is 20.3 Å². The van der Waals surface area contributed by atoms with Crippen LogP contribution in [-0.4, -0.2) is 26.8 Å². The first kappa shape index (κ1) is 14.3. The van der Waals surface area contributed by atoms with Gasteiger partial charge in [-0.2, -0.15) is 0 Å². The van der Waals surface area contributed by atoms with Crippen LogP contribution in [0.25, 0.3) is 0 Å². The molecule has 0 saturated carbocycles. The number of rotatable bonds is 6. The van der Waals surface area contributed by atoms with Crippen molar-refractivity contribution in [2.24, 2.45) is 0 Å². The van der Waals surface area contributed by atoms with E-state index in [1.54, 1.807) is 0 Å². The van der Waals surface area contributed by atoms with Crippen LogP contribution in [0, 0.1) is 5.82 Å². The SMILES string of the molecule is CCCCOc1c(F)cc(C(=O)OC)cc1OC. The van der Waals surface area contributed by atoms with Gasteiger partial charge in [-0.3, -0.25) is 0 Å². The number of methoxy groups -OCH3 is 2. The maximum atomic E-state index is 13.8. The maximum absolute atomic E-state index is 13.8. The highest BCUT2D eigenvalue weighted by molar-refractivity contribution is 5.90. The number of unbranched alkanes of at least 4 members (excludes halogenated alkanes) is 1. The zero-order valence-electron chi connectivity index (χ0n) is 10.8. The van der Waals surface area contributed by atoms with E-state index in [-0.39, 0.29) is 17.1 Å². The molecule has 0 heterocycles. The third kappa shape index (κ3) is 3.35. The van der Waals surface area contributed by atoms with Crippen LogP contribution in [0.1, 0.15) is 30.1 Å². The highest BCUT2D eigenvalue weighted by Crippen LogP contribution is 2.32. The van der Waals surface area contributed by atoms with Crippen molar-refractivity contribution in [3.63, 3.8) is 0 Å². The number of halogens is 1. The monoisotopic (exact) mass is 256 g/mol. The molecule has 0 spiro atoms. The lowest BCUT2D eigenvalue weighted by Gasteiger charge is -2.12. The van der Waals surface area contributed by atoms with Gasteiger partial charge in [0.25, 0.3) is 0 Å². The summed E-state index contributed by atoms with van der Waals surface area (Å²) >= 11 is 0. The van der Waals surface area contributed by atoms with Crippen molar-refractivity contribution >= 4 is 5.97 Å². The summed E-state index contributed by atoms with van der Waals surface area (Å²) in [6.07, 6.45) is 1.77. The molecule has 5 heteroatoms. The Bertz CT molecular complexity index is 418. The first-order valence-electron chi connectivity index (χ1n) is 5.72. The molecule has 4 nitrogen and oxygen atoms in total. The minimum absolute atomic E-state index is 0.0265. The summed E-state index contributed by atoms with van der Waals surface area (Å²) in [5.41, 5.74) is 0.0923. The largest absolute Gasteiger partial charge is 0.493 e. The molecular weight excluding hydrogens is 239 g/mol. The molecule has 1 aromatic carbocycles. The van der Waals surface area contributed by atoms with Gasteiger partial charge >= 0.3 is 5.97 Å². The Morgan fingerprint density at radius 2 is 2.06 bits per heavy atom. The molecule has 0 N–H and O–H groups in total. The van der Waals surface area contributed by atoms with Gasteiger partial charge in [0.05, 0.1) is 26.4 Å². The van der Waals surface area contributed by atoms with Crippen molar-refractivity contribution in [2.75, 3.05) is 20.8 Å². The Labute approximate surface area is 106 Å². The third-order valence-electron chi connectivity index (χ3n) is 2.39. The summed E-state index contributed by atoms with van der Waals surface area (Å²) in [6, 6.07) is 2.48. The van der Waals surface area contributed by atoms with E-state index in [1.807, 2.05) is 6.92 Å². The number of carbonyl (C=O) groups excluding carboxylic acids is 1. The number of benzene rings is 1. The fourth-order valence-electron chi connectivity index (χ4n) is 1.41. The van der Waals surface area contributed by atoms with Crippen LogP contribution < -0.4 is 9.47 Å². The topological polar surface area (TPSA) is 44.8 Å². The quantitative estimate of drug-likeness (QED) is 0.580. The summed E-state index contributed by atoms with van der Waals surface area (Å²) in [7, 11) is 2.63. The van der Waals surface area contributed by atoms with Gasteiger partial charge in [0, 0.05) is 0 Å². The highest BCUT2D eigenvalue weighted by Gasteiger charge is 2.17. The van der Waals surface area contributed by atoms with E-state index in [4.69, 9.17) is 9.47 Å². The molecule has 0 amide bonds. The molecule has 0 fully saturated rings. The lowest BCUT2D eigenvalue weighted by atomic mass is 10.2. The predicted molar refractivity (Wildman–Crippen MR) is 64.7 cm³/mol. The van der Waals surface area contributed by atoms with Crippen LogP contribution in [-0.2, 0) is 4.74 Å². The van der Waals surface area contributed by atoms with Gasteiger partial charge in [0.2, 0.25) is 0 Å². The van der Waals surface area contributed by atoms with Crippen molar-refractivity contribution in [1.82, 2.24) is 0 Å². The molecule has 1 rings (SSSR count). The molecule has 100 valence electrons. The maximum Gasteiger partial charge on any atom is 0.338 e. The lowest BCUT2D eigenvalue weighted by Crippen LogP contribution is -2.06. The first-order valence-corrected chi connectivity index (χ1v) is 5.72. The standard InChI is InChI=1S/C13H17FO4/c1-4-5-6-18-12-10(14)7-9(13(15)17-3)8-11(12)16-2/h7-8H,4-6H2,1-3H3. The lowest BCUT2D eigenvalue weighted by molar-refractivity contribution is 0.0599. The van der Waals surface area contributed by atoms with Crippen LogP contribution in [0.5, 0.6) is 11.5 Å². The number of esters is 1. The molecule has 0 aromatic heterocycles. The summed E-state index contributed by atoms with van der Waals surface area (Å²) in [4.78, 5) is 11.3. The minimum atomic E-state index is -0.633. The Morgan fingerprint density at radius 3 is 2.61 bits per heavy atom. The molecule has 0 aliphatic rings. The summed E-state index contributed by atoms with van der Waals surface area (Å²) in [6.45, 7) is 2.42. The molecular formula is C13H17FO4. The second-order valence-corrected chi connectivity index (χ2v) is 3.68. The fraction of sp³-hybridized carbons (Fsp3) is 0.462. The van der Waals surface area contributed by atoms with Crippen molar-refractivity contribution < 1.29 is 23.4 Å². The smallest absolute Gasteiger partial charge is 0.338 e. The second-order valence-electron chi connectivity index (χ2n) is 3.68. The van der Waals surface area contributed by atoms with Crippen LogP contribution in [0.4, 0.5) is 4.39 Å². The first-order chi connectivity index (χ1) is 8.63. The molecule has 0 saturated heterocycles. The van der Waals surface area contributed by atoms with Gasteiger partial charge in [-0.1, -0.05) is 13.3 Å². The summed E-state index contributed by atoms with van der Waals surface area (Å²) < 4.78 is 28.7. The molecule has 0 atom stereocenters. The zero-order chi connectivity index (χ0) is 13.5. The van der Waals surface area contributed by atoms with Crippen LogP contribution in [0.15, 0.2) is 12.1 Å². The zero-order valence-corrected chi connectivity index (χ0v) is 10.8. The molecule has 1 aromatic rings. The van der Waals surface area contributed by atoms with E-state index >= 15 is 0 Å². The normalized spacial score (nSPS) is 10.0. The number of carbonyl (C=O) groups is 1. The van der Waals surface area contributed by atoms with Gasteiger partial charge in [0.15, 0.2) is 17.3 Å². The molecule has 0 unspecified atom stereocenters. The van der Waals surface area contributed by atoms with Gasteiger partial charge in [-0.15, -0.1) is 0 Å². The summed E-state index contributed by atoms with van der Waals surface area (Å²) in [5, 5.41) is 0. The molecule has 0 aliphatic carbocycles. The Hall–Kier alpha value is -1.78. The Kier molecular flexibility index (Phi) is 5.42. The van der Waals surface area contributed by atoms with E-state index in [9.17, 15) is 9.18 Å². The van der Waals surface area contributed by atoms with Gasteiger partial charge < -0.3 is 14.2 Å². The molecule has 0 radical (unpaired) electrons. The molecule has 0 bridgehead atoms. The van der Waals surface area contributed by atoms with E-state index in [2.05, 4.69) is 4.74 Å². The van der Waals surface area contributed by atoms with E-state index in [0.29, 0.717) is 6.61 Å². The highest BCUT2D eigenvalue weighted by atomic mass is 19.1. The average molecular weight is 256 g/mol. The van der Waals surface area contributed by atoms with Crippen LogP contribution >= 0.6 is 0 Å². The van der Waals surface area contributed by atoms with Gasteiger partial charge in [-0.05, 0) is 18.6 Å². The van der Waals surface area contributed by atoms with Crippen molar-refractivity contribution in [1.29, 1.82) is 0 Å². The second kappa shape index (κ2) is 6.83. The minimum Gasteiger partial charge on any atom is -0.493 e. The number of hydrogen-bond acceptors (Lipinski definition) is 4. The van der Waals surface area contributed by atoms with Crippen molar-refractivity contribution in [2.45, 2.75) is 19.8 Å².